The molecule has 5 nitrogen and oxygen atoms in total. The SMILES string of the molecule is CCOC(=O)C1=C(C)N=C(C)C(C(=O)OC)C1c1cccc(F)c1Cl. The number of methoxy groups -OCH3 is 1. The third-order valence-corrected chi connectivity index (χ3v) is 4.49. The Hall–Kier alpha value is -2.21. The first-order chi connectivity index (χ1) is 11.8. The van der Waals surface area contributed by atoms with Crippen LogP contribution >= 0.6 is 11.6 Å². The number of nitrogens with zero attached hydrogens (tertiary/aromatic N) is 1. The lowest BCUT2D eigenvalue weighted by Crippen LogP contribution is -2.36. The molecule has 0 aliphatic carbocycles. The molecular weight excluding hydrogens is 349 g/mol. The molecule has 1 aliphatic heterocycles. The minimum atomic E-state index is -0.896. The molecule has 25 heavy (non-hydrogen) atoms. The van der Waals surface area contributed by atoms with Crippen molar-refractivity contribution in [2.24, 2.45) is 10.9 Å². The van der Waals surface area contributed by atoms with Crippen molar-refractivity contribution in [2.75, 3.05) is 13.7 Å². The highest BCUT2D eigenvalue weighted by Crippen LogP contribution is 2.43. The summed E-state index contributed by atoms with van der Waals surface area (Å²) in [5, 5.41) is -0.147. The van der Waals surface area contributed by atoms with E-state index in [1.54, 1.807) is 26.8 Å². The third-order valence-electron chi connectivity index (χ3n) is 4.10. The maximum absolute atomic E-state index is 14.0. The molecule has 7 heteroatoms. The number of benzene rings is 1. The number of hydrogen-bond donors (Lipinski definition) is 0. The van der Waals surface area contributed by atoms with Crippen LogP contribution in [0.25, 0.3) is 0 Å². The van der Waals surface area contributed by atoms with E-state index in [4.69, 9.17) is 21.1 Å². The smallest absolute Gasteiger partial charge is 0.336 e. The number of hydrogen-bond acceptors (Lipinski definition) is 5. The quantitative estimate of drug-likeness (QED) is 0.762. The maximum atomic E-state index is 14.0. The Morgan fingerprint density at radius 1 is 1.32 bits per heavy atom. The van der Waals surface area contributed by atoms with Gasteiger partial charge in [0.25, 0.3) is 0 Å². The van der Waals surface area contributed by atoms with Gasteiger partial charge in [0.05, 0.1) is 24.3 Å². The van der Waals surface area contributed by atoms with E-state index in [1.807, 2.05) is 0 Å². The minimum absolute atomic E-state index is 0.147. The molecule has 0 saturated carbocycles. The lowest BCUT2D eigenvalue weighted by atomic mass is 9.75. The third kappa shape index (κ3) is 3.58. The zero-order valence-corrected chi connectivity index (χ0v) is 15.2. The van der Waals surface area contributed by atoms with Gasteiger partial charge in [-0.2, -0.15) is 0 Å². The van der Waals surface area contributed by atoms with Crippen molar-refractivity contribution < 1.29 is 23.5 Å². The van der Waals surface area contributed by atoms with Crippen LogP contribution in [0.1, 0.15) is 32.3 Å². The summed E-state index contributed by atoms with van der Waals surface area (Å²) < 4.78 is 24.0. The van der Waals surface area contributed by atoms with E-state index >= 15 is 0 Å². The van der Waals surface area contributed by atoms with Gasteiger partial charge >= 0.3 is 11.9 Å². The van der Waals surface area contributed by atoms with Gasteiger partial charge in [0.2, 0.25) is 0 Å². The Balaban J connectivity index is 2.72. The Bertz CT molecular complexity index is 772. The number of carbonyl (C=O) groups excluding carboxylic acids is 2. The summed E-state index contributed by atoms with van der Waals surface area (Å²) in [6.07, 6.45) is 0. The summed E-state index contributed by atoms with van der Waals surface area (Å²) in [7, 11) is 1.25. The molecule has 0 bridgehead atoms. The predicted molar refractivity (Wildman–Crippen MR) is 92.1 cm³/mol. The molecule has 0 N–H and O–H groups in total. The van der Waals surface area contributed by atoms with Crippen molar-refractivity contribution in [2.45, 2.75) is 26.7 Å². The van der Waals surface area contributed by atoms with Crippen LogP contribution in [-0.4, -0.2) is 31.4 Å². The number of aliphatic imine (C=N–C) groups is 1. The van der Waals surface area contributed by atoms with Crippen LogP contribution in [0.4, 0.5) is 4.39 Å². The van der Waals surface area contributed by atoms with Gasteiger partial charge in [0.1, 0.15) is 11.7 Å². The first-order valence-corrected chi connectivity index (χ1v) is 8.16. The fraction of sp³-hybridized carbons (Fsp3) is 0.389. The number of ether oxygens (including phenoxy) is 2. The van der Waals surface area contributed by atoms with Gasteiger partial charge in [-0.3, -0.25) is 9.79 Å². The van der Waals surface area contributed by atoms with E-state index < -0.39 is 29.6 Å². The molecule has 1 aliphatic rings. The lowest BCUT2D eigenvalue weighted by Gasteiger charge is -2.31. The topological polar surface area (TPSA) is 65.0 Å². The van der Waals surface area contributed by atoms with Gasteiger partial charge in [-0.25, -0.2) is 9.18 Å². The standard InChI is InChI=1S/C18H19ClFNO4/c1-5-25-18(23)14-10(3)21-9(2)13(17(22)24-4)15(14)11-7-6-8-12(20)16(11)19/h6-8,13,15H,5H2,1-4H3. The van der Waals surface area contributed by atoms with Crippen molar-refractivity contribution in [1.82, 2.24) is 0 Å². The largest absolute Gasteiger partial charge is 0.468 e. The second kappa shape index (κ2) is 7.78. The lowest BCUT2D eigenvalue weighted by molar-refractivity contribution is -0.144. The zero-order chi connectivity index (χ0) is 18.7. The maximum Gasteiger partial charge on any atom is 0.336 e. The molecule has 0 spiro atoms. The normalized spacial score (nSPS) is 20.2. The average Bonchev–Trinajstić information content (AvgIpc) is 2.56. The molecule has 1 aromatic rings. The summed E-state index contributed by atoms with van der Waals surface area (Å²) >= 11 is 6.14. The number of rotatable bonds is 4. The van der Waals surface area contributed by atoms with Gasteiger partial charge in [0.15, 0.2) is 0 Å². The first kappa shape index (κ1) is 19.1. The van der Waals surface area contributed by atoms with Crippen LogP contribution in [0, 0.1) is 11.7 Å². The van der Waals surface area contributed by atoms with Crippen LogP contribution < -0.4 is 0 Å². The fourth-order valence-electron chi connectivity index (χ4n) is 3.04. The minimum Gasteiger partial charge on any atom is -0.468 e. The fourth-order valence-corrected chi connectivity index (χ4v) is 3.28. The van der Waals surface area contributed by atoms with Crippen molar-refractivity contribution in [1.29, 1.82) is 0 Å². The van der Waals surface area contributed by atoms with E-state index in [9.17, 15) is 14.0 Å². The molecule has 134 valence electrons. The van der Waals surface area contributed by atoms with Crippen LogP contribution in [0.15, 0.2) is 34.5 Å². The molecule has 1 aromatic carbocycles. The van der Waals surface area contributed by atoms with Crippen molar-refractivity contribution in [3.8, 4) is 0 Å². The molecular formula is C18H19ClFNO4. The molecule has 2 unspecified atom stereocenters. The monoisotopic (exact) mass is 367 g/mol. The molecule has 2 rings (SSSR count). The Labute approximate surface area is 150 Å². The van der Waals surface area contributed by atoms with E-state index in [0.29, 0.717) is 17.0 Å². The Kier molecular flexibility index (Phi) is 5.95. The summed E-state index contributed by atoms with van der Waals surface area (Å²) in [4.78, 5) is 29.2. The first-order valence-electron chi connectivity index (χ1n) is 7.78. The number of esters is 2. The van der Waals surface area contributed by atoms with E-state index in [2.05, 4.69) is 4.99 Å². The van der Waals surface area contributed by atoms with Crippen LogP contribution in [0.5, 0.6) is 0 Å². The zero-order valence-electron chi connectivity index (χ0n) is 14.4. The van der Waals surface area contributed by atoms with Gasteiger partial charge < -0.3 is 9.47 Å². The highest BCUT2D eigenvalue weighted by atomic mass is 35.5. The van der Waals surface area contributed by atoms with Crippen molar-refractivity contribution in [3.05, 3.63) is 45.9 Å². The molecule has 0 amide bonds. The predicted octanol–water partition coefficient (Wildman–Crippen LogP) is 3.66. The molecule has 0 radical (unpaired) electrons. The second-order valence-electron chi connectivity index (χ2n) is 5.59. The average molecular weight is 368 g/mol. The van der Waals surface area contributed by atoms with Gasteiger partial charge in [0, 0.05) is 17.3 Å². The van der Waals surface area contributed by atoms with Gasteiger partial charge in [-0.15, -0.1) is 0 Å². The van der Waals surface area contributed by atoms with E-state index in [0.717, 1.165) is 0 Å². The summed E-state index contributed by atoms with van der Waals surface area (Å²) in [5.74, 6) is -3.57. The van der Waals surface area contributed by atoms with E-state index in [-0.39, 0.29) is 17.2 Å². The molecule has 1 heterocycles. The van der Waals surface area contributed by atoms with Crippen LogP contribution in [0.3, 0.4) is 0 Å². The van der Waals surface area contributed by atoms with Crippen molar-refractivity contribution >= 4 is 29.3 Å². The van der Waals surface area contributed by atoms with Gasteiger partial charge in [-0.05, 0) is 32.4 Å². The second-order valence-corrected chi connectivity index (χ2v) is 5.97. The Morgan fingerprint density at radius 3 is 2.60 bits per heavy atom. The number of carbonyl (C=O) groups is 2. The molecule has 0 fully saturated rings. The summed E-state index contributed by atoms with van der Waals surface area (Å²) in [6.45, 7) is 5.13. The molecule has 0 aromatic heterocycles. The number of halogens is 2. The van der Waals surface area contributed by atoms with Crippen LogP contribution in [-0.2, 0) is 19.1 Å². The summed E-state index contributed by atoms with van der Waals surface area (Å²) in [5.41, 5.74) is 1.35. The van der Waals surface area contributed by atoms with Gasteiger partial charge in [-0.1, -0.05) is 23.7 Å². The highest BCUT2D eigenvalue weighted by molar-refractivity contribution is 6.31. The molecule has 2 atom stereocenters. The van der Waals surface area contributed by atoms with Crippen molar-refractivity contribution in [3.63, 3.8) is 0 Å². The Morgan fingerprint density at radius 2 is 2.00 bits per heavy atom. The number of allylic oxidation sites excluding steroid dienone is 1. The van der Waals surface area contributed by atoms with Crippen LogP contribution in [0.2, 0.25) is 5.02 Å². The molecule has 0 saturated heterocycles. The van der Waals surface area contributed by atoms with E-state index in [1.165, 1.54) is 19.2 Å². The highest BCUT2D eigenvalue weighted by Gasteiger charge is 2.43. The summed E-state index contributed by atoms with van der Waals surface area (Å²) in [6, 6.07) is 4.27.